The van der Waals surface area contributed by atoms with Crippen LogP contribution in [0.5, 0.6) is 0 Å². The van der Waals surface area contributed by atoms with Crippen LogP contribution in [-0.2, 0) is 14.8 Å². The predicted octanol–water partition coefficient (Wildman–Crippen LogP) is 3.69. The summed E-state index contributed by atoms with van der Waals surface area (Å²) in [5, 5.41) is 3.33. The molecule has 6 nitrogen and oxygen atoms in total. The van der Waals surface area contributed by atoms with Crippen molar-refractivity contribution < 1.29 is 17.9 Å². The van der Waals surface area contributed by atoms with Crippen LogP contribution in [0.3, 0.4) is 0 Å². The minimum Gasteiger partial charge on any atom is -0.381 e. The zero-order valence-corrected chi connectivity index (χ0v) is 16.9. The number of sulfonamides is 1. The molecule has 3 rings (SSSR count). The second kappa shape index (κ2) is 9.41. The fraction of sp³-hybridized carbons (Fsp3) is 0.350. The molecule has 1 fully saturated rings. The summed E-state index contributed by atoms with van der Waals surface area (Å²) in [6.45, 7) is 1.96. The molecule has 0 unspecified atom stereocenters. The second-order valence-electron chi connectivity index (χ2n) is 6.76. The van der Waals surface area contributed by atoms with Crippen molar-refractivity contribution in [3.8, 4) is 0 Å². The van der Waals surface area contributed by atoms with Crippen molar-refractivity contribution >= 4 is 33.2 Å². The number of anilines is 1. The molecule has 0 aliphatic heterocycles. The number of hydrogen-bond donors (Lipinski definition) is 2. The fourth-order valence-electron chi connectivity index (χ4n) is 2.53. The molecule has 0 radical (unpaired) electrons. The zero-order chi connectivity index (χ0) is 20.0. The summed E-state index contributed by atoms with van der Waals surface area (Å²) in [5.74, 6) is 0.496. The third-order valence-electron chi connectivity index (χ3n) is 4.32. The lowest BCUT2D eigenvalue weighted by atomic mass is 10.2. The molecule has 28 heavy (non-hydrogen) atoms. The van der Waals surface area contributed by atoms with Crippen LogP contribution in [0.15, 0.2) is 53.4 Å². The summed E-state index contributed by atoms with van der Waals surface area (Å²) in [5.41, 5.74) is 0.819. The molecular weight excluding hydrogens is 400 g/mol. The fourth-order valence-corrected chi connectivity index (χ4v) is 3.71. The summed E-state index contributed by atoms with van der Waals surface area (Å²) < 4.78 is 32.9. The highest BCUT2D eigenvalue weighted by molar-refractivity contribution is 7.92. The zero-order valence-electron chi connectivity index (χ0n) is 15.4. The van der Waals surface area contributed by atoms with E-state index in [1.54, 1.807) is 24.3 Å². The Morgan fingerprint density at radius 3 is 2.39 bits per heavy atom. The SMILES string of the molecule is O=C(NCCCOCC1CC1)c1ccc(S(=O)(=O)Nc2ccc(Cl)cc2)cc1. The van der Waals surface area contributed by atoms with Crippen LogP contribution in [0.25, 0.3) is 0 Å². The summed E-state index contributed by atoms with van der Waals surface area (Å²) in [6, 6.07) is 12.2. The number of halogens is 1. The van der Waals surface area contributed by atoms with Crippen LogP contribution in [0, 0.1) is 5.92 Å². The average molecular weight is 423 g/mol. The number of amides is 1. The standard InChI is InChI=1S/C20H23ClN2O4S/c21-17-6-8-18(9-7-17)23-28(25,26)19-10-4-16(5-11-19)20(24)22-12-1-13-27-14-15-2-3-15/h4-11,15,23H,1-3,12-14H2,(H,22,24). The van der Waals surface area contributed by atoms with Gasteiger partial charge in [-0.2, -0.15) is 0 Å². The number of hydrogen-bond acceptors (Lipinski definition) is 4. The molecule has 0 bridgehead atoms. The van der Waals surface area contributed by atoms with Crippen molar-refractivity contribution in [3.63, 3.8) is 0 Å². The smallest absolute Gasteiger partial charge is 0.261 e. The van der Waals surface area contributed by atoms with E-state index in [4.69, 9.17) is 16.3 Å². The van der Waals surface area contributed by atoms with Gasteiger partial charge in [0.25, 0.3) is 15.9 Å². The Morgan fingerprint density at radius 1 is 1.07 bits per heavy atom. The van der Waals surface area contributed by atoms with Gasteiger partial charge in [0.2, 0.25) is 0 Å². The summed E-state index contributed by atoms with van der Waals surface area (Å²) >= 11 is 5.80. The Hall–Kier alpha value is -2.09. The highest BCUT2D eigenvalue weighted by Gasteiger charge is 2.20. The first-order valence-corrected chi connectivity index (χ1v) is 11.0. The third-order valence-corrected chi connectivity index (χ3v) is 5.97. The van der Waals surface area contributed by atoms with Gasteiger partial charge in [-0.3, -0.25) is 9.52 Å². The van der Waals surface area contributed by atoms with E-state index in [-0.39, 0.29) is 10.8 Å². The molecule has 0 saturated heterocycles. The van der Waals surface area contributed by atoms with Gasteiger partial charge in [-0.25, -0.2) is 8.42 Å². The van der Waals surface area contributed by atoms with Gasteiger partial charge in [0.1, 0.15) is 0 Å². The lowest BCUT2D eigenvalue weighted by Crippen LogP contribution is -2.25. The van der Waals surface area contributed by atoms with Gasteiger partial charge in [0.05, 0.1) is 4.90 Å². The number of carbonyl (C=O) groups is 1. The van der Waals surface area contributed by atoms with Crippen LogP contribution in [0.4, 0.5) is 5.69 Å². The van der Waals surface area contributed by atoms with E-state index in [1.807, 2.05) is 0 Å². The Balaban J connectivity index is 1.48. The van der Waals surface area contributed by atoms with E-state index in [2.05, 4.69) is 10.0 Å². The van der Waals surface area contributed by atoms with Crippen molar-refractivity contribution in [3.05, 3.63) is 59.1 Å². The number of rotatable bonds is 10. The molecule has 2 aromatic carbocycles. The molecule has 1 amide bonds. The van der Waals surface area contributed by atoms with Gasteiger partial charge in [-0.15, -0.1) is 0 Å². The van der Waals surface area contributed by atoms with E-state index < -0.39 is 10.0 Å². The van der Waals surface area contributed by atoms with Crippen LogP contribution in [0.1, 0.15) is 29.6 Å². The van der Waals surface area contributed by atoms with Crippen LogP contribution in [-0.4, -0.2) is 34.1 Å². The minimum absolute atomic E-state index is 0.0764. The number of nitrogens with one attached hydrogen (secondary N) is 2. The first-order chi connectivity index (χ1) is 13.4. The molecule has 8 heteroatoms. The molecule has 2 aromatic rings. The van der Waals surface area contributed by atoms with E-state index in [9.17, 15) is 13.2 Å². The number of ether oxygens (including phenoxy) is 1. The molecule has 150 valence electrons. The summed E-state index contributed by atoms with van der Waals surface area (Å²) in [4.78, 5) is 12.2. The van der Waals surface area contributed by atoms with Crippen molar-refractivity contribution in [2.24, 2.45) is 5.92 Å². The average Bonchev–Trinajstić information content (AvgIpc) is 3.50. The molecule has 0 atom stereocenters. The Labute approximate surface area is 170 Å². The first-order valence-electron chi connectivity index (χ1n) is 9.18. The molecule has 1 aliphatic rings. The normalized spacial score (nSPS) is 13.9. The largest absolute Gasteiger partial charge is 0.381 e. The van der Waals surface area contributed by atoms with Crippen molar-refractivity contribution in [2.45, 2.75) is 24.2 Å². The Kier molecular flexibility index (Phi) is 6.93. The van der Waals surface area contributed by atoms with Gasteiger partial charge in [-0.05, 0) is 73.7 Å². The van der Waals surface area contributed by atoms with Crippen molar-refractivity contribution in [2.75, 3.05) is 24.5 Å². The number of benzene rings is 2. The number of carbonyl (C=O) groups excluding carboxylic acids is 1. The van der Waals surface area contributed by atoms with Crippen molar-refractivity contribution in [1.29, 1.82) is 0 Å². The second-order valence-corrected chi connectivity index (χ2v) is 8.88. The summed E-state index contributed by atoms with van der Waals surface area (Å²) in [7, 11) is -3.74. The van der Waals surface area contributed by atoms with Gasteiger partial charge in [0, 0.05) is 36.0 Å². The van der Waals surface area contributed by atoms with Crippen LogP contribution < -0.4 is 10.0 Å². The molecule has 1 aliphatic carbocycles. The first kappa shape index (κ1) is 20.6. The van der Waals surface area contributed by atoms with Crippen molar-refractivity contribution in [1.82, 2.24) is 5.32 Å². The maximum absolute atomic E-state index is 12.4. The van der Waals surface area contributed by atoms with E-state index in [1.165, 1.54) is 37.1 Å². The highest BCUT2D eigenvalue weighted by atomic mass is 35.5. The Bertz CT molecular complexity index is 895. The minimum atomic E-state index is -3.74. The van der Waals surface area contributed by atoms with E-state index >= 15 is 0 Å². The van der Waals surface area contributed by atoms with Crippen LogP contribution in [0.2, 0.25) is 5.02 Å². The quantitative estimate of drug-likeness (QED) is 0.572. The molecule has 2 N–H and O–H groups in total. The Morgan fingerprint density at radius 2 is 1.75 bits per heavy atom. The molecule has 1 saturated carbocycles. The molecule has 0 spiro atoms. The lowest BCUT2D eigenvalue weighted by Gasteiger charge is -2.09. The highest BCUT2D eigenvalue weighted by Crippen LogP contribution is 2.28. The topological polar surface area (TPSA) is 84.5 Å². The predicted molar refractivity (Wildman–Crippen MR) is 109 cm³/mol. The van der Waals surface area contributed by atoms with Gasteiger partial charge in [0.15, 0.2) is 0 Å². The van der Waals surface area contributed by atoms with Gasteiger partial charge < -0.3 is 10.1 Å². The monoisotopic (exact) mass is 422 g/mol. The lowest BCUT2D eigenvalue weighted by molar-refractivity contribution is 0.0937. The van der Waals surface area contributed by atoms with Gasteiger partial charge >= 0.3 is 0 Å². The van der Waals surface area contributed by atoms with E-state index in [0.29, 0.717) is 29.4 Å². The maximum Gasteiger partial charge on any atom is 0.261 e. The maximum atomic E-state index is 12.4. The van der Waals surface area contributed by atoms with Gasteiger partial charge in [-0.1, -0.05) is 11.6 Å². The molecule has 0 heterocycles. The van der Waals surface area contributed by atoms with E-state index in [0.717, 1.165) is 18.9 Å². The summed E-state index contributed by atoms with van der Waals surface area (Å²) in [6.07, 6.45) is 3.27. The van der Waals surface area contributed by atoms with Crippen LogP contribution >= 0.6 is 11.6 Å². The molecular formula is C20H23ClN2O4S. The molecule has 0 aromatic heterocycles. The third kappa shape index (κ3) is 6.22.